The minimum Gasteiger partial charge on any atom is -0.481 e. The van der Waals surface area contributed by atoms with E-state index in [1.54, 1.807) is 0 Å². The van der Waals surface area contributed by atoms with Crippen LogP contribution in [-0.4, -0.2) is 39.6 Å². The van der Waals surface area contributed by atoms with Crippen molar-refractivity contribution >= 4 is 28.5 Å². The molecular weight excluding hydrogens is 290 g/mol. The van der Waals surface area contributed by atoms with Crippen LogP contribution in [0.4, 0.5) is 9.93 Å². The van der Waals surface area contributed by atoms with Crippen LogP contribution < -0.4 is 5.32 Å². The van der Waals surface area contributed by atoms with Gasteiger partial charge in [-0.05, 0) is 13.8 Å². The van der Waals surface area contributed by atoms with Gasteiger partial charge in [-0.2, -0.15) is 0 Å². The maximum absolute atomic E-state index is 12.2. The predicted molar refractivity (Wildman–Crippen MR) is 83.9 cm³/mol. The zero-order valence-corrected chi connectivity index (χ0v) is 14.0. The number of nitrogens with one attached hydrogen (secondary N) is 1. The number of carboxylic acids is 1. The number of hydrogen-bond acceptors (Lipinski definition) is 4. The Morgan fingerprint density at radius 3 is 2.48 bits per heavy atom. The van der Waals surface area contributed by atoms with Crippen molar-refractivity contribution in [2.45, 2.75) is 52.5 Å². The van der Waals surface area contributed by atoms with Crippen molar-refractivity contribution in [3.8, 4) is 0 Å². The van der Waals surface area contributed by atoms with Gasteiger partial charge in [-0.25, -0.2) is 9.78 Å². The molecule has 0 saturated heterocycles. The number of aromatic nitrogens is 1. The Morgan fingerprint density at radius 2 is 2.05 bits per heavy atom. The number of thiazole rings is 1. The molecule has 0 aliphatic heterocycles. The van der Waals surface area contributed by atoms with Gasteiger partial charge in [0, 0.05) is 23.4 Å². The Hall–Kier alpha value is -1.63. The number of carbonyl (C=O) groups excluding carboxylic acids is 1. The average molecular weight is 313 g/mol. The van der Waals surface area contributed by atoms with Crippen molar-refractivity contribution in [3.63, 3.8) is 0 Å². The molecule has 21 heavy (non-hydrogen) atoms. The van der Waals surface area contributed by atoms with Crippen LogP contribution in [0.3, 0.4) is 0 Å². The maximum Gasteiger partial charge on any atom is 0.323 e. The summed E-state index contributed by atoms with van der Waals surface area (Å²) in [6, 6.07) is -0.396. The number of carbonyl (C=O) groups is 2. The summed E-state index contributed by atoms with van der Waals surface area (Å²) in [4.78, 5) is 28.8. The molecule has 6 nitrogen and oxygen atoms in total. The quantitative estimate of drug-likeness (QED) is 0.874. The minimum atomic E-state index is -0.919. The van der Waals surface area contributed by atoms with Crippen molar-refractivity contribution in [1.82, 2.24) is 9.88 Å². The van der Waals surface area contributed by atoms with Crippen LogP contribution in [0.15, 0.2) is 5.38 Å². The van der Waals surface area contributed by atoms with Crippen LogP contribution in [0, 0.1) is 0 Å². The standard InChI is InChI=1S/C14H23N3O3S/c1-9(2)17(7-6-11(18)19)13(20)16-12-15-10(8-21-12)14(3,4)5/h8-9H,6-7H2,1-5H3,(H,18,19)(H,15,16,20). The van der Waals surface area contributed by atoms with Crippen molar-refractivity contribution in [2.75, 3.05) is 11.9 Å². The number of anilines is 1. The number of urea groups is 1. The molecule has 0 radical (unpaired) electrons. The van der Waals surface area contributed by atoms with Gasteiger partial charge < -0.3 is 10.0 Å². The first kappa shape index (κ1) is 17.4. The zero-order valence-electron chi connectivity index (χ0n) is 13.1. The second kappa shape index (κ2) is 6.89. The molecule has 1 aromatic heterocycles. The van der Waals surface area contributed by atoms with Gasteiger partial charge in [-0.3, -0.25) is 10.1 Å². The third kappa shape index (κ3) is 5.34. The van der Waals surface area contributed by atoms with Crippen LogP contribution in [0.5, 0.6) is 0 Å². The molecule has 0 fully saturated rings. The molecule has 0 aromatic carbocycles. The van der Waals surface area contributed by atoms with E-state index in [1.165, 1.54) is 16.2 Å². The molecule has 0 aliphatic rings. The molecule has 0 aliphatic carbocycles. The van der Waals surface area contributed by atoms with Crippen LogP contribution in [-0.2, 0) is 10.2 Å². The van der Waals surface area contributed by atoms with Crippen LogP contribution >= 0.6 is 11.3 Å². The number of hydrogen-bond donors (Lipinski definition) is 2. The fourth-order valence-corrected chi connectivity index (χ4v) is 2.58. The zero-order chi connectivity index (χ0) is 16.2. The highest BCUT2D eigenvalue weighted by atomic mass is 32.1. The molecule has 1 rings (SSSR count). The lowest BCUT2D eigenvalue weighted by molar-refractivity contribution is -0.137. The fourth-order valence-electron chi connectivity index (χ4n) is 1.65. The molecule has 2 amide bonds. The van der Waals surface area contributed by atoms with Crippen molar-refractivity contribution in [3.05, 3.63) is 11.1 Å². The lowest BCUT2D eigenvalue weighted by atomic mass is 9.93. The van der Waals surface area contributed by atoms with Crippen molar-refractivity contribution in [1.29, 1.82) is 0 Å². The van der Waals surface area contributed by atoms with E-state index in [9.17, 15) is 9.59 Å². The summed E-state index contributed by atoms with van der Waals surface area (Å²) in [6.07, 6.45) is -0.0727. The first-order valence-electron chi connectivity index (χ1n) is 6.86. The van der Waals surface area contributed by atoms with Crippen LogP contribution in [0.1, 0.15) is 46.7 Å². The van der Waals surface area contributed by atoms with Crippen LogP contribution in [0.2, 0.25) is 0 Å². The van der Waals surface area contributed by atoms with Gasteiger partial charge in [0.1, 0.15) is 0 Å². The molecule has 0 unspecified atom stereocenters. The first-order chi connectivity index (χ1) is 9.61. The summed E-state index contributed by atoms with van der Waals surface area (Å²) in [5.74, 6) is -0.919. The molecule has 1 heterocycles. The topological polar surface area (TPSA) is 82.5 Å². The molecular formula is C14H23N3O3S. The molecule has 0 saturated carbocycles. The highest BCUT2D eigenvalue weighted by Gasteiger charge is 2.21. The van der Waals surface area contributed by atoms with Gasteiger partial charge in [0.25, 0.3) is 0 Å². The van der Waals surface area contributed by atoms with E-state index in [0.717, 1.165) is 5.69 Å². The van der Waals surface area contributed by atoms with Gasteiger partial charge >= 0.3 is 12.0 Å². The summed E-state index contributed by atoms with van der Waals surface area (Å²) in [7, 11) is 0. The fraction of sp³-hybridized carbons (Fsp3) is 0.643. The molecule has 118 valence electrons. The molecule has 2 N–H and O–H groups in total. The largest absolute Gasteiger partial charge is 0.481 e. The Kier molecular flexibility index (Phi) is 5.71. The normalized spacial score (nSPS) is 11.5. The number of rotatable bonds is 5. The summed E-state index contributed by atoms with van der Waals surface area (Å²) in [5, 5.41) is 13.9. The molecule has 0 atom stereocenters. The van der Waals surface area contributed by atoms with E-state index in [4.69, 9.17) is 5.11 Å². The number of carboxylic acid groups (broad SMARTS) is 1. The number of nitrogens with zero attached hydrogens (tertiary/aromatic N) is 2. The van der Waals surface area contributed by atoms with Gasteiger partial charge in [-0.15, -0.1) is 11.3 Å². The number of amides is 2. The first-order valence-corrected chi connectivity index (χ1v) is 7.74. The van der Waals surface area contributed by atoms with E-state index in [0.29, 0.717) is 5.13 Å². The van der Waals surface area contributed by atoms with Gasteiger partial charge in [0.05, 0.1) is 12.1 Å². The second-order valence-electron chi connectivity index (χ2n) is 6.15. The lowest BCUT2D eigenvalue weighted by Crippen LogP contribution is -2.41. The minimum absolute atomic E-state index is 0.0689. The van der Waals surface area contributed by atoms with E-state index in [-0.39, 0.29) is 30.5 Å². The second-order valence-corrected chi connectivity index (χ2v) is 7.01. The SMILES string of the molecule is CC(C)N(CCC(=O)O)C(=O)Nc1nc(C(C)(C)C)cs1. The molecule has 7 heteroatoms. The summed E-state index contributed by atoms with van der Waals surface area (Å²) in [6.45, 7) is 10.0. The van der Waals surface area contributed by atoms with E-state index in [2.05, 4.69) is 31.1 Å². The molecule has 0 bridgehead atoms. The Morgan fingerprint density at radius 1 is 1.43 bits per heavy atom. The van der Waals surface area contributed by atoms with Crippen molar-refractivity contribution < 1.29 is 14.7 Å². The Balaban J connectivity index is 2.73. The Bertz CT molecular complexity index is 506. The van der Waals surface area contributed by atoms with Gasteiger partial charge in [0.15, 0.2) is 5.13 Å². The Labute approximate surface area is 129 Å². The smallest absolute Gasteiger partial charge is 0.323 e. The molecule has 1 aromatic rings. The summed E-state index contributed by atoms with van der Waals surface area (Å²) < 4.78 is 0. The average Bonchev–Trinajstić information content (AvgIpc) is 2.76. The lowest BCUT2D eigenvalue weighted by Gasteiger charge is -2.25. The highest BCUT2D eigenvalue weighted by Crippen LogP contribution is 2.26. The van der Waals surface area contributed by atoms with Crippen molar-refractivity contribution in [2.24, 2.45) is 0 Å². The summed E-state index contributed by atoms with van der Waals surface area (Å²) >= 11 is 1.37. The summed E-state index contributed by atoms with van der Waals surface area (Å²) in [5.41, 5.74) is 0.852. The molecule has 0 spiro atoms. The van der Waals surface area contributed by atoms with Gasteiger partial charge in [0.2, 0.25) is 0 Å². The third-order valence-corrected chi connectivity index (χ3v) is 3.69. The highest BCUT2D eigenvalue weighted by molar-refractivity contribution is 7.13. The third-order valence-electron chi connectivity index (χ3n) is 2.94. The van der Waals surface area contributed by atoms with E-state index < -0.39 is 5.97 Å². The predicted octanol–water partition coefficient (Wildman–Crippen LogP) is 3.16. The van der Waals surface area contributed by atoms with Gasteiger partial charge in [-0.1, -0.05) is 20.8 Å². The maximum atomic E-state index is 12.2. The van der Waals surface area contributed by atoms with E-state index in [1.807, 2.05) is 19.2 Å². The monoisotopic (exact) mass is 313 g/mol. The number of aliphatic carboxylic acids is 1. The van der Waals surface area contributed by atoms with E-state index >= 15 is 0 Å². The van der Waals surface area contributed by atoms with Crippen LogP contribution in [0.25, 0.3) is 0 Å².